The molecule has 0 aliphatic heterocycles. The molecule has 0 fully saturated rings. The number of benzene rings is 1. The quantitative estimate of drug-likeness (QED) is 0.355. The fourth-order valence-electron chi connectivity index (χ4n) is 1.64. The lowest BCUT2D eigenvalue weighted by molar-refractivity contribution is -0.0623. The van der Waals surface area contributed by atoms with Crippen molar-refractivity contribution in [3.05, 3.63) is 35.9 Å². The third kappa shape index (κ3) is 7.89. The van der Waals surface area contributed by atoms with E-state index in [4.69, 9.17) is 15.9 Å². The van der Waals surface area contributed by atoms with Gasteiger partial charge in [0.25, 0.3) is 0 Å². The van der Waals surface area contributed by atoms with Crippen LogP contribution in [0.25, 0.3) is 0 Å². The summed E-state index contributed by atoms with van der Waals surface area (Å²) in [5, 5.41) is 0. The van der Waals surface area contributed by atoms with Crippen molar-refractivity contribution in [1.29, 1.82) is 0 Å². The predicted molar refractivity (Wildman–Crippen MR) is 74.0 cm³/mol. The lowest BCUT2D eigenvalue weighted by atomic mass is 10.1. The minimum Gasteiger partial charge on any atom is -0.355 e. The summed E-state index contributed by atoms with van der Waals surface area (Å²) in [4.78, 5) is 0. The van der Waals surface area contributed by atoms with Gasteiger partial charge in [-0.1, -0.05) is 43.2 Å². The van der Waals surface area contributed by atoms with Crippen LogP contribution in [0, 0.1) is 12.3 Å². The van der Waals surface area contributed by atoms with Gasteiger partial charge in [0.1, 0.15) is 6.79 Å². The van der Waals surface area contributed by atoms with Crippen LogP contribution >= 0.6 is 0 Å². The van der Waals surface area contributed by atoms with Gasteiger partial charge in [-0.25, -0.2) is 0 Å². The molecule has 0 aromatic heterocycles. The zero-order valence-corrected chi connectivity index (χ0v) is 10.9. The Labute approximate surface area is 110 Å². The van der Waals surface area contributed by atoms with Crippen LogP contribution in [0.15, 0.2) is 30.3 Å². The second-order valence-electron chi connectivity index (χ2n) is 4.23. The standard InChI is InChI=1S/C16H22O2/c1-2-3-4-5-6-10-13-17-15-18-14-16-11-8-7-9-12-16/h1,7-9,11-12H,3-6,10,13-15H2. The SMILES string of the molecule is C#CCCCCCCOCOCc1ccccc1. The number of rotatable bonds is 10. The van der Waals surface area contributed by atoms with E-state index in [1.165, 1.54) is 18.4 Å². The van der Waals surface area contributed by atoms with Gasteiger partial charge in [-0.3, -0.25) is 0 Å². The number of hydrogen-bond acceptors (Lipinski definition) is 2. The van der Waals surface area contributed by atoms with Gasteiger partial charge in [-0.2, -0.15) is 0 Å². The molecule has 1 aromatic rings. The summed E-state index contributed by atoms with van der Waals surface area (Å²) < 4.78 is 10.8. The molecule has 0 N–H and O–H groups in total. The molecule has 0 saturated heterocycles. The van der Waals surface area contributed by atoms with Crippen LogP contribution in [0.5, 0.6) is 0 Å². The highest BCUT2D eigenvalue weighted by atomic mass is 16.7. The van der Waals surface area contributed by atoms with Crippen LogP contribution in [-0.4, -0.2) is 13.4 Å². The average Bonchev–Trinajstić information content (AvgIpc) is 2.42. The highest BCUT2D eigenvalue weighted by molar-refractivity contribution is 5.13. The van der Waals surface area contributed by atoms with Crippen molar-refractivity contribution < 1.29 is 9.47 Å². The summed E-state index contributed by atoms with van der Waals surface area (Å²) in [6.45, 7) is 1.76. The summed E-state index contributed by atoms with van der Waals surface area (Å²) in [7, 11) is 0. The first-order chi connectivity index (χ1) is 8.93. The first-order valence-corrected chi connectivity index (χ1v) is 6.56. The molecule has 0 atom stereocenters. The van der Waals surface area contributed by atoms with Crippen molar-refractivity contribution >= 4 is 0 Å². The zero-order chi connectivity index (χ0) is 12.9. The summed E-state index contributed by atoms with van der Waals surface area (Å²) in [5.41, 5.74) is 1.18. The third-order valence-corrected chi connectivity index (χ3v) is 2.64. The topological polar surface area (TPSA) is 18.5 Å². The van der Waals surface area contributed by atoms with Crippen LogP contribution in [-0.2, 0) is 16.1 Å². The first-order valence-electron chi connectivity index (χ1n) is 6.56. The molecule has 2 nitrogen and oxygen atoms in total. The van der Waals surface area contributed by atoms with E-state index in [1.54, 1.807) is 0 Å². The molecule has 0 unspecified atom stereocenters. The molecule has 0 aliphatic rings. The van der Waals surface area contributed by atoms with Crippen LogP contribution < -0.4 is 0 Å². The molecular formula is C16H22O2. The summed E-state index contributed by atoms with van der Waals surface area (Å²) >= 11 is 0. The van der Waals surface area contributed by atoms with Gasteiger partial charge >= 0.3 is 0 Å². The second kappa shape index (κ2) is 10.8. The Morgan fingerprint density at radius 2 is 1.72 bits per heavy atom. The normalized spacial score (nSPS) is 10.2. The molecule has 0 saturated carbocycles. The maximum atomic E-state index is 5.42. The van der Waals surface area contributed by atoms with Gasteiger partial charge in [-0.15, -0.1) is 12.3 Å². The number of terminal acetylenes is 1. The molecule has 0 bridgehead atoms. The van der Waals surface area contributed by atoms with E-state index in [0.717, 1.165) is 25.9 Å². The fourth-order valence-corrected chi connectivity index (χ4v) is 1.64. The molecule has 0 heterocycles. The molecule has 98 valence electrons. The van der Waals surface area contributed by atoms with Crippen LogP contribution in [0.2, 0.25) is 0 Å². The molecule has 18 heavy (non-hydrogen) atoms. The Kier molecular flexibility index (Phi) is 8.88. The lowest BCUT2D eigenvalue weighted by Gasteiger charge is -2.05. The Bertz CT molecular complexity index is 327. The van der Waals surface area contributed by atoms with Gasteiger partial charge in [0, 0.05) is 13.0 Å². The van der Waals surface area contributed by atoms with E-state index in [2.05, 4.69) is 5.92 Å². The van der Waals surface area contributed by atoms with Crippen molar-refractivity contribution in [2.24, 2.45) is 0 Å². The molecule has 0 amide bonds. The van der Waals surface area contributed by atoms with Crippen molar-refractivity contribution in [3.8, 4) is 12.3 Å². The highest BCUT2D eigenvalue weighted by Gasteiger charge is 1.93. The fraction of sp³-hybridized carbons (Fsp3) is 0.500. The second-order valence-corrected chi connectivity index (χ2v) is 4.23. The highest BCUT2D eigenvalue weighted by Crippen LogP contribution is 2.03. The van der Waals surface area contributed by atoms with Crippen LogP contribution in [0.1, 0.15) is 37.7 Å². The zero-order valence-electron chi connectivity index (χ0n) is 10.9. The molecule has 2 heteroatoms. The summed E-state index contributed by atoms with van der Waals surface area (Å²) in [6, 6.07) is 10.1. The molecule has 1 rings (SSSR count). The van der Waals surface area contributed by atoms with Gasteiger partial charge in [-0.05, 0) is 18.4 Å². The van der Waals surface area contributed by atoms with Gasteiger partial charge in [0.05, 0.1) is 6.61 Å². The van der Waals surface area contributed by atoms with E-state index in [1.807, 2.05) is 30.3 Å². The van der Waals surface area contributed by atoms with Crippen LogP contribution in [0.3, 0.4) is 0 Å². The predicted octanol–water partition coefficient (Wildman–Crippen LogP) is 3.76. The van der Waals surface area contributed by atoms with Crippen LogP contribution in [0.4, 0.5) is 0 Å². The third-order valence-electron chi connectivity index (χ3n) is 2.64. The van der Waals surface area contributed by atoms with Gasteiger partial charge < -0.3 is 9.47 Å². The maximum absolute atomic E-state index is 5.42. The van der Waals surface area contributed by atoms with E-state index in [0.29, 0.717) is 13.4 Å². The van der Waals surface area contributed by atoms with E-state index in [-0.39, 0.29) is 0 Å². The Balaban J connectivity index is 1.83. The molecule has 0 spiro atoms. The number of unbranched alkanes of at least 4 members (excludes halogenated alkanes) is 4. The Hall–Kier alpha value is -1.30. The Morgan fingerprint density at radius 1 is 0.944 bits per heavy atom. The summed E-state index contributed by atoms with van der Waals surface area (Å²) in [5.74, 6) is 2.65. The van der Waals surface area contributed by atoms with Gasteiger partial charge in [0.2, 0.25) is 0 Å². The summed E-state index contributed by atoms with van der Waals surface area (Å²) in [6.07, 6.45) is 10.7. The largest absolute Gasteiger partial charge is 0.355 e. The van der Waals surface area contributed by atoms with Crippen molar-refractivity contribution in [3.63, 3.8) is 0 Å². The smallest absolute Gasteiger partial charge is 0.147 e. The number of ether oxygens (including phenoxy) is 2. The monoisotopic (exact) mass is 246 g/mol. The molecule has 0 aliphatic carbocycles. The van der Waals surface area contributed by atoms with E-state index >= 15 is 0 Å². The molecule has 1 aromatic carbocycles. The first kappa shape index (κ1) is 14.8. The van der Waals surface area contributed by atoms with Crippen molar-refractivity contribution in [2.75, 3.05) is 13.4 Å². The maximum Gasteiger partial charge on any atom is 0.147 e. The minimum absolute atomic E-state index is 0.374. The molecule has 0 radical (unpaired) electrons. The lowest BCUT2D eigenvalue weighted by Crippen LogP contribution is -2.01. The average molecular weight is 246 g/mol. The van der Waals surface area contributed by atoms with Gasteiger partial charge in [0.15, 0.2) is 0 Å². The van der Waals surface area contributed by atoms with Crippen molar-refractivity contribution in [2.45, 2.75) is 38.7 Å². The number of hydrogen-bond donors (Lipinski definition) is 0. The minimum atomic E-state index is 0.374. The van der Waals surface area contributed by atoms with Crippen molar-refractivity contribution in [1.82, 2.24) is 0 Å². The van der Waals surface area contributed by atoms with E-state index in [9.17, 15) is 0 Å². The molecular weight excluding hydrogens is 224 g/mol. The van der Waals surface area contributed by atoms with E-state index < -0.39 is 0 Å². The Morgan fingerprint density at radius 3 is 2.50 bits per heavy atom.